The van der Waals surface area contributed by atoms with Gasteiger partial charge in [0.1, 0.15) is 23.3 Å². The Morgan fingerprint density at radius 1 is 0.625 bits per heavy atom. The van der Waals surface area contributed by atoms with Gasteiger partial charge in [-0.1, -0.05) is 12.1 Å². The number of halogens is 4. The third-order valence-corrected chi connectivity index (χ3v) is 2.14. The van der Waals surface area contributed by atoms with Crippen LogP contribution in [-0.2, 0) is 0 Å². The third-order valence-electron chi connectivity index (χ3n) is 2.14. The lowest BCUT2D eigenvalue weighted by molar-refractivity contribution is 0.548. The Kier molecular flexibility index (Phi) is 2.64. The average molecular weight is 226 g/mol. The van der Waals surface area contributed by atoms with Crippen LogP contribution >= 0.6 is 0 Å². The summed E-state index contributed by atoms with van der Waals surface area (Å²) in [6.45, 7) is 0. The molecule has 0 amide bonds. The molecule has 16 heavy (non-hydrogen) atoms. The van der Waals surface area contributed by atoms with Crippen LogP contribution in [0.2, 0.25) is 0 Å². The molecule has 0 radical (unpaired) electrons. The molecule has 0 unspecified atom stereocenters. The fraction of sp³-hybridized carbons (Fsp3) is 0. The largest absolute Gasteiger partial charge is 0.207 e. The van der Waals surface area contributed by atoms with Gasteiger partial charge in [-0.3, -0.25) is 0 Å². The van der Waals surface area contributed by atoms with Crippen LogP contribution in [-0.4, -0.2) is 0 Å². The first-order valence-electron chi connectivity index (χ1n) is 4.48. The van der Waals surface area contributed by atoms with Crippen LogP contribution in [0.25, 0.3) is 11.1 Å². The fourth-order valence-corrected chi connectivity index (χ4v) is 1.43. The Balaban J connectivity index is 2.60. The Morgan fingerprint density at radius 2 is 1.12 bits per heavy atom. The van der Waals surface area contributed by atoms with Crippen LogP contribution < -0.4 is 0 Å². The Hall–Kier alpha value is -1.84. The van der Waals surface area contributed by atoms with Crippen molar-refractivity contribution in [2.45, 2.75) is 0 Å². The second kappa shape index (κ2) is 3.96. The summed E-state index contributed by atoms with van der Waals surface area (Å²) in [5.74, 6) is -3.51. The molecule has 0 atom stereocenters. The van der Waals surface area contributed by atoms with Gasteiger partial charge in [-0.05, 0) is 17.7 Å². The molecule has 0 spiro atoms. The van der Waals surface area contributed by atoms with Crippen LogP contribution in [0.3, 0.4) is 0 Å². The highest BCUT2D eigenvalue weighted by atomic mass is 19.1. The molecule has 0 bridgehead atoms. The molecule has 0 nitrogen and oxygen atoms in total. The zero-order chi connectivity index (χ0) is 11.7. The molecular formula is C12H6F4. The zero-order valence-electron chi connectivity index (χ0n) is 7.98. The molecule has 2 rings (SSSR count). The van der Waals surface area contributed by atoms with E-state index in [1.165, 1.54) is 12.1 Å². The summed E-state index contributed by atoms with van der Waals surface area (Å²) in [7, 11) is 0. The highest BCUT2D eigenvalue weighted by Crippen LogP contribution is 2.26. The molecule has 4 heteroatoms. The van der Waals surface area contributed by atoms with Gasteiger partial charge in [0.05, 0.1) is 5.56 Å². The molecule has 0 saturated heterocycles. The second-order valence-corrected chi connectivity index (χ2v) is 3.25. The first-order valence-corrected chi connectivity index (χ1v) is 4.48. The Bertz CT molecular complexity index is 494. The first-order chi connectivity index (χ1) is 7.58. The molecule has 0 aromatic heterocycles. The number of benzene rings is 2. The second-order valence-electron chi connectivity index (χ2n) is 3.25. The summed E-state index contributed by atoms with van der Waals surface area (Å²) < 4.78 is 51.9. The van der Waals surface area contributed by atoms with E-state index in [1.807, 2.05) is 0 Å². The lowest BCUT2D eigenvalue weighted by Crippen LogP contribution is -1.92. The van der Waals surface area contributed by atoms with E-state index in [2.05, 4.69) is 0 Å². The third kappa shape index (κ3) is 1.91. The summed E-state index contributed by atoms with van der Waals surface area (Å²) in [5.41, 5.74) is -0.196. The van der Waals surface area contributed by atoms with Crippen molar-refractivity contribution in [1.82, 2.24) is 0 Å². The van der Waals surface area contributed by atoms with E-state index in [-0.39, 0.29) is 11.1 Å². The van der Waals surface area contributed by atoms with Gasteiger partial charge in [0, 0.05) is 12.1 Å². The van der Waals surface area contributed by atoms with Crippen LogP contribution in [0, 0.1) is 23.3 Å². The van der Waals surface area contributed by atoms with Gasteiger partial charge in [-0.25, -0.2) is 17.6 Å². The summed E-state index contributed by atoms with van der Waals surface area (Å²) in [6.07, 6.45) is 0. The Labute approximate surface area is 89.2 Å². The minimum absolute atomic E-state index is 0.163. The smallest absolute Gasteiger partial charge is 0.136 e. The van der Waals surface area contributed by atoms with Gasteiger partial charge in [0.2, 0.25) is 0 Å². The summed E-state index contributed by atoms with van der Waals surface area (Å²) in [4.78, 5) is 0. The quantitative estimate of drug-likeness (QED) is 0.646. The van der Waals surface area contributed by atoms with Gasteiger partial charge < -0.3 is 0 Å². The van der Waals surface area contributed by atoms with Crippen LogP contribution in [0.5, 0.6) is 0 Å². The fourth-order valence-electron chi connectivity index (χ4n) is 1.43. The number of hydrogen-bond donors (Lipinski definition) is 0. The van der Waals surface area contributed by atoms with E-state index in [0.717, 1.165) is 12.1 Å². The van der Waals surface area contributed by atoms with Gasteiger partial charge in [-0.2, -0.15) is 0 Å². The molecule has 0 heterocycles. The van der Waals surface area contributed by atoms with Crippen molar-refractivity contribution in [3.63, 3.8) is 0 Å². The van der Waals surface area contributed by atoms with E-state index >= 15 is 0 Å². The summed E-state index contributed by atoms with van der Waals surface area (Å²) >= 11 is 0. The molecule has 0 aliphatic rings. The van der Waals surface area contributed by atoms with E-state index in [4.69, 9.17) is 0 Å². The maximum absolute atomic E-state index is 13.3. The SMILES string of the molecule is Fc1ccc(-c2c(F)cc(F)cc2F)cc1. The van der Waals surface area contributed by atoms with Gasteiger partial charge in [-0.15, -0.1) is 0 Å². The van der Waals surface area contributed by atoms with Crippen molar-refractivity contribution in [2.24, 2.45) is 0 Å². The minimum atomic E-state index is -1.01. The highest BCUT2D eigenvalue weighted by Gasteiger charge is 2.13. The van der Waals surface area contributed by atoms with Crippen LogP contribution in [0.1, 0.15) is 0 Å². The molecule has 0 aliphatic carbocycles. The topological polar surface area (TPSA) is 0 Å². The van der Waals surface area contributed by atoms with E-state index in [9.17, 15) is 17.6 Å². The molecule has 0 N–H and O–H groups in total. The predicted molar refractivity (Wildman–Crippen MR) is 51.7 cm³/mol. The van der Waals surface area contributed by atoms with Crippen molar-refractivity contribution in [1.29, 1.82) is 0 Å². The van der Waals surface area contributed by atoms with Crippen molar-refractivity contribution in [3.05, 3.63) is 59.7 Å². The maximum atomic E-state index is 13.3. The predicted octanol–water partition coefficient (Wildman–Crippen LogP) is 3.91. The van der Waals surface area contributed by atoms with Gasteiger partial charge in [0.15, 0.2) is 0 Å². The van der Waals surface area contributed by atoms with Crippen LogP contribution in [0.15, 0.2) is 36.4 Å². The van der Waals surface area contributed by atoms with Gasteiger partial charge >= 0.3 is 0 Å². The van der Waals surface area contributed by atoms with Crippen molar-refractivity contribution < 1.29 is 17.6 Å². The maximum Gasteiger partial charge on any atom is 0.136 e. The monoisotopic (exact) mass is 226 g/mol. The number of rotatable bonds is 1. The van der Waals surface area contributed by atoms with E-state index < -0.39 is 23.3 Å². The summed E-state index contributed by atoms with van der Waals surface area (Å²) in [5, 5.41) is 0. The molecule has 0 fully saturated rings. The molecule has 0 aliphatic heterocycles. The molecule has 2 aromatic carbocycles. The zero-order valence-corrected chi connectivity index (χ0v) is 7.98. The number of hydrogen-bond acceptors (Lipinski definition) is 0. The van der Waals surface area contributed by atoms with Gasteiger partial charge in [0.25, 0.3) is 0 Å². The Morgan fingerprint density at radius 3 is 1.62 bits per heavy atom. The van der Waals surface area contributed by atoms with E-state index in [0.29, 0.717) is 12.1 Å². The highest BCUT2D eigenvalue weighted by molar-refractivity contribution is 5.64. The molecule has 82 valence electrons. The van der Waals surface area contributed by atoms with Crippen LogP contribution in [0.4, 0.5) is 17.6 Å². The lowest BCUT2D eigenvalue weighted by Gasteiger charge is -2.05. The standard InChI is InChI=1S/C12H6F4/c13-8-3-1-7(2-4-8)12-10(15)5-9(14)6-11(12)16/h1-6H. The molecule has 0 saturated carbocycles. The van der Waals surface area contributed by atoms with Crippen molar-refractivity contribution in [3.8, 4) is 11.1 Å². The molecule has 2 aromatic rings. The normalized spacial score (nSPS) is 10.5. The van der Waals surface area contributed by atoms with E-state index in [1.54, 1.807) is 0 Å². The minimum Gasteiger partial charge on any atom is -0.207 e. The summed E-state index contributed by atoms with van der Waals surface area (Å²) in [6, 6.07) is 5.79. The molecular weight excluding hydrogens is 220 g/mol. The van der Waals surface area contributed by atoms with Crippen molar-refractivity contribution >= 4 is 0 Å². The van der Waals surface area contributed by atoms with Crippen molar-refractivity contribution in [2.75, 3.05) is 0 Å². The first kappa shape index (κ1) is 10.7. The lowest BCUT2D eigenvalue weighted by atomic mass is 10.0. The average Bonchev–Trinajstić information content (AvgIpc) is 2.19.